The zero-order valence-electron chi connectivity index (χ0n) is 11.2. The van der Waals surface area contributed by atoms with Crippen molar-refractivity contribution >= 4 is 9.84 Å². The molecular weight excluding hydrogens is 262 g/mol. The van der Waals surface area contributed by atoms with Crippen LogP contribution in [0.4, 0.5) is 0 Å². The number of aryl methyl sites for hydroxylation is 1. The molecule has 0 heterocycles. The van der Waals surface area contributed by atoms with Gasteiger partial charge in [0.05, 0.1) is 10.6 Å². The van der Waals surface area contributed by atoms with Gasteiger partial charge in [-0.3, -0.25) is 0 Å². The van der Waals surface area contributed by atoms with E-state index in [2.05, 4.69) is 0 Å². The fourth-order valence-corrected chi connectivity index (χ4v) is 3.34. The summed E-state index contributed by atoms with van der Waals surface area (Å²) in [7, 11) is -3.20. The van der Waals surface area contributed by atoms with Gasteiger partial charge in [-0.1, -0.05) is 18.6 Å². The summed E-state index contributed by atoms with van der Waals surface area (Å²) in [5.41, 5.74) is 6.47. The summed E-state index contributed by atoms with van der Waals surface area (Å²) < 4.78 is 24.3. The molecule has 0 aliphatic heterocycles. The standard InChI is InChI=1S/C14H23NO3S/c15-9-5-7-13-6-4-8-14(12-13)19(17,18)11-3-1-2-10-16/h4,6,8,12,16H,1-3,5,7,9-11,15H2. The van der Waals surface area contributed by atoms with Crippen LogP contribution in [-0.4, -0.2) is 32.4 Å². The van der Waals surface area contributed by atoms with Crippen LogP contribution in [0.2, 0.25) is 0 Å². The maximum atomic E-state index is 12.1. The van der Waals surface area contributed by atoms with Crippen LogP contribution in [0.25, 0.3) is 0 Å². The summed E-state index contributed by atoms with van der Waals surface area (Å²) >= 11 is 0. The van der Waals surface area contributed by atoms with Crippen LogP contribution in [-0.2, 0) is 16.3 Å². The van der Waals surface area contributed by atoms with Crippen molar-refractivity contribution < 1.29 is 13.5 Å². The van der Waals surface area contributed by atoms with E-state index in [0.717, 1.165) is 24.8 Å². The third-order valence-electron chi connectivity index (χ3n) is 3.00. The number of unbranched alkanes of at least 4 members (excludes halogenated alkanes) is 2. The fourth-order valence-electron chi connectivity index (χ4n) is 1.90. The lowest BCUT2D eigenvalue weighted by molar-refractivity contribution is 0.284. The minimum Gasteiger partial charge on any atom is -0.396 e. The molecule has 0 amide bonds. The average molecular weight is 285 g/mol. The molecule has 1 rings (SSSR count). The fraction of sp³-hybridized carbons (Fsp3) is 0.571. The summed E-state index contributed by atoms with van der Waals surface area (Å²) in [6, 6.07) is 7.11. The van der Waals surface area contributed by atoms with Gasteiger partial charge in [0, 0.05) is 6.61 Å². The number of hydrogen-bond acceptors (Lipinski definition) is 4. The highest BCUT2D eigenvalue weighted by molar-refractivity contribution is 7.91. The lowest BCUT2D eigenvalue weighted by atomic mass is 10.1. The van der Waals surface area contributed by atoms with E-state index in [-0.39, 0.29) is 12.4 Å². The van der Waals surface area contributed by atoms with Crippen LogP contribution < -0.4 is 5.73 Å². The lowest BCUT2D eigenvalue weighted by Gasteiger charge is -2.06. The summed E-state index contributed by atoms with van der Waals surface area (Å²) in [4.78, 5) is 0.394. The van der Waals surface area contributed by atoms with E-state index in [1.165, 1.54) is 0 Å². The van der Waals surface area contributed by atoms with Crippen molar-refractivity contribution in [2.24, 2.45) is 5.73 Å². The highest BCUT2D eigenvalue weighted by Crippen LogP contribution is 2.16. The third-order valence-corrected chi connectivity index (χ3v) is 4.80. The maximum absolute atomic E-state index is 12.1. The van der Waals surface area contributed by atoms with Gasteiger partial charge in [0.1, 0.15) is 0 Å². The van der Waals surface area contributed by atoms with Crippen LogP contribution >= 0.6 is 0 Å². The van der Waals surface area contributed by atoms with Crippen LogP contribution in [0.3, 0.4) is 0 Å². The van der Waals surface area contributed by atoms with Crippen LogP contribution in [0, 0.1) is 0 Å². The Balaban J connectivity index is 2.66. The highest BCUT2D eigenvalue weighted by Gasteiger charge is 2.14. The molecular formula is C14H23NO3S. The Morgan fingerprint density at radius 2 is 1.89 bits per heavy atom. The number of rotatable bonds is 9. The van der Waals surface area contributed by atoms with E-state index >= 15 is 0 Å². The van der Waals surface area contributed by atoms with Gasteiger partial charge in [-0.25, -0.2) is 8.42 Å². The number of aliphatic hydroxyl groups excluding tert-OH is 1. The number of hydrogen-bond donors (Lipinski definition) is 2. The van der Waals surface area contributed by atoms with E-state index < -0.39 is 9.84 Å². The molecule has 19 heavy (non-hydrogen) atoms. The first-order chi connectivity index (χ1) is 9.10. The molecule has 0 unspecified atom stereocenters. The van der Waals surface area contributed by atoms with Gasteiger partial charge in [0.2, 0.25) is 0 Å². The molecule has 0 aliphatic rings. The molecule has 4 nitrogen and oxygen atoms in total. The van der Waals surface area contributed by atoms with Gasteiger partial charge >= 0.3 is 0 Å². The molecule has 5 heteroatoms. The summed E-state index contributed by atoms with van der Waals surface area (Å²) in [5.74, 6) is 0.146. The van der Waals surface area contributed by atoms with E-state index in [1.54, 1.807) is 18.2 Å². The molecule has 0 saturated carbocycles. The normalized spacial score (nSPS) is 11.7. The Hall–Kier alpha value is -0.910. The monoisotopic (exact) mass is 285 g/mol. The van der Waals surface area contributed by atoms with Crippen LogP contribution in [0.5, 0.6) is 0 Å². The maximum Gasteiger partial charge on any atom is 0.178 e. The van der Waals surface area contributed by atoms with Gasteiger partial charge in [-0.05, 0) is 49.9 Å². The Bertz CT molecular complexity index is 471. The van der Waals surface area contributed by atoms with Crippen molar-refractivity contribution in [3.63, 3.8) is 0 Å². The molecule has 0 aliphatic carbocycles. The SMILES string of the molecule is NCCCc1cccc(S(=O)(=O)CCCCCO)c1. The van der Waals surface area contributed by atoms with Crippen molar-refractivity contribution in [1.82, 2.24) is 0 Å². The molecule has 0 bridgehead atoms. The van der Waals surface area contributed by atoms with Crippen LogP contribution in [0.1, 0.15) is 31.2 Å². The van der Waals surface area contributed by atoms with Gasteiger partial charge in [0.25, 0.3) is 0 Å². The molecule has 0 saturated heterocycles. The zero-order valence-corrected chi connectivity index (χ0v) is 12.0. The Kier molecular flexibility index (Phi) is 7.05. The Morgan fingerprint density at radius 3 is 2.58 bits per heavy atom. The third kappa shape index (κ3) is 5.72. The second-order valence-electron chi connectivity index (χ2n) is 4.64. The first kappa shape index (κ1) is 16.1. The number of aliphatic hydroxyl groups is 1. The predicted molar refractivity (Wildman–Crippen MR) is 76.8 cm³/mol. The van der Waals surface area contributed by atoms with E-state index in [1.807, 2.05) is 6.07 Å². The Labute approximate surface area is 115 Å². The first-order valence-corrected chi connectivity index (χ1v) is 8.38. The zero-order chi connectivity index (χ0) is 14.1. The van der Waals surface area contributed by atoms with Gasteiger partial charge in [0.15, 0.2) is 9.84 Å². The van der Waals surface area contributed by atoms with Gasteiger partial charge < -0.3 is 10.8 Å². The lowest BCUT2D eigenvalue weighted by Crippen LogP contribution is -2.08. The smallest absolute Gasteiger partial charge is 0.178 e. The largest absolute Gasteiger partial charge is 0.396 e. The van der Waals surface area contributed by atoms with Crippen molar-refractivity contribution in [3.8, 4) is 0 Å². The van der Waals surface area contributed by atoms with Crippen molar-refractivity contribution in [1.29, 1.82) is 0 Å². The number of benzene rings is 1. The molecule has 0 atom stereocenters. The Morgan fingerprint density at radius 1 is 1.11 bits per heavy atom. The van der Waals surface area contributed by atoms with Gasteiger partial charge in [-0.15, -0.1) is 0 Å². The molecule has 0 fully saturated rings. The minimum absolute atomic E-state index is 0.120. The average Bonchev–Trinajstić information content (AvgIpc) is 2.42. The highest BCUT2D eigenvalue weighted by atomic mass is 32.2. The summed E-state index contributed by atoms with van der Waals surface area (Å²) in [6.45, 7) is 0.729. The van der Waals surface area contributed by atoms with Crippen molar-refractivity contribution in [3.05, 3.63) is 29.8 Å². The van der Waals surface area contributed by atoms with Gasteiger partial charge in [-0.2, -0.15) is 0 Å². The van der Waals surface area contributed by atoms with E-state index in [4.69, 9.17) is 10.8 Å². The van der Waals surface area contributed by atoms with E-state index in [9.17, 15) is 8.42 Å². The quantitative estimate of drug-likeness (QED) is 0.674. The van der Waals surface area contributed by atoms with Crippen molar-refractivity contribution in [2.75, 3.05) is 18.9 Å². The molecule has 3 N–H and O–H groups in total. The second-order valence-corrected chi connectivity index (χ2v) is 6.75. The number of sulfone groups is 1. The van der Waals surface area contributed by atoms with Crippen LogP contribution in [0.15, 0.2) is 29.2 Å². The summed E-state index contributed by atoms with van der Waals surface area (Å²) in [5, 5.41) is 8.67. The second kappa shape index (κ2) is 8.30. The molecule has 108 valence electrons. The topological polar surface area (TPSA) is 80.4 Å². The number of nitrogens with two attached hydrogens (primary N) is 1. The molecule has 0 radical (unpaired) electrons. The molecule has 0 aromatic heterocycles. The molecule has 1 aromatic rings. The minimum atomic E-state index is -3.20. The molecule has 1 aromatic carbocycles. The first-order valence-electron chi connectivity index (χ1n) is 6.73. The molecule has 0 spiro atoms. The summed E-state index contributed by atoms with van der Waals surface area (Å²) in [6.07, 6.45) is 3.66. The van der Waals surface area contributed by atoms with E-state index in [0.29, 0.717) is 24.3 Å². The predicted octanol–water partition coefficient (Wildman–Crippen LogP) is 1.51. The van der Waals surface area contributed by atoms with Crippen molar-refractivity contribution in [2.45, 2.75) is 37.0 Å².